The van der Waals surface area contributed by atoms with E-state index >= 15 is 0 Å². The number of para-hydroxylation sites is 1. The minimum absolute atomic E-state index is 0.0615. The molecule has 0 aliphatic carbocycles. The van der Waals surface area contributed by atoms with Crippen LogP contribution in [0.5, 0.6) is 23.0 Å². The number of nitrogens with two attached hydrogens (primary N) is 1. The molecule has 0 unspecified atom stereocenters. The van der Waals surface area contributed by atoms with E-state index in [1.54, 1.807) is 6.07 Å². The number of allylic oxidation sites excluding steroid dienone is 1. The Morgan fingerprint density at radius 3 is 2.52 bits per heavy atom. The number of rotatable bonds is 4. The van der Waals surface area contributed by atoms with Crippen LogP contribution in [-0.4, -0.2) is 6.79 Å². The lowest BCUT2D eigenvalue weighted by Gasteiger charge is -2.28. The molecule has 1 atom stereocenters. The van der Waals surface area contributed by atoms with Crippen LogP contribution in [0.4, 0.5) is 0 Å². The van der Waals surface area contributed by atoms with Crippen molar-refractivity contribution in [1.82, 2.24) is 0 Å². The Labute approximate surface area is 184 Å². The number of nitriles is 1. The Morgan fingerprint density at radius 1 is 1.00 bits per heavy atom. The van der Waals surface area contributed by atoms with Crippen LogP contribution in [0.15, 0.2) is 72.1 Å². The molecule has 7 heteroatoms. The Bertz CT molecular complexity index is 1230. The molecule has 31 heavy (non-hydrogen) atoms. The molecule has 0 bridgehead atoms. The molecule has 0 radical (unpaired) electrons. The van der Waals surface area contributed by atoms with Gasteiger partial charge < -0.3 is 24.7 Å². The summed E-state index contributed by atoms with van der Waals surface area (Å²) in [6.07, 6.45) is 0. The van der Waals surface area contributed by atoms with E-state index in [0.717, 1.165) is 16.7 Å². The maximum absolute atomic E-state index is 9.86. The first-order chi connectivity index (χ1) is 15.1. The first-order valence-corrected chi connectivity index (χ1v) is 9.99. The van der Waals surface area contributed by atoms with Gasteiger partial charge in [-0.05, 0) is 29.8 Å². The number of nitrogens with zero attached hydrogens (tertiary/aromatic N) is 1. The summed E-state index contributed by atoms with van der Waals surface area (Å²) in [7, 11) is 0. The van der Waals surface area contributed by atoms with E-state index in [9.17, 15) is 5.26 Å². The molecule has 2 heterocycles. The van der Waals surface area contributed by atoms with Gasteiger partial charge in [0.25, 0.3) is 0 Å². The zero-order valence-electron chi connectivity index (χ0n) is 16.3. The number of fused-ring (bicyclic) bond motifs is 2. The summed E-state index contributed by atoms with van der Waals surface area (Å²) in [6.45, 7) is 0.490. The molecule has 2 aliphatic heterocycles. The van der Waals surface area contributed by atoms with Crippen molar-refractivity contribution in [2.24, 2.45) is 5.73 Å². The van der Waals surface area contributed by atoms with Gasteiger partial charge in [-0.25, -0.2) is 0 Å². The lowest BCUT2D eigenvalue weighted by Crippen LogP contribution is -2.21. The van der Waals surface area contributed by atoms with Gasteiger partial charge in [-0.3, -0.25) is 0 Å². The monoisotopic (exact) mass is 432 g/mol. The number of hydrogen-bond donors (Lipinski definition) is 1. The second-order valence-electron chi connectivity index (χ2n) is 7.12. The van der Waals surface area contributed by atoms with Crippen LogP contribution < -0.4 is 24.7 Å². The first kappa shape index (κ1) is 19.2. The highest BCUT2D eigenvalue weighted by molar-refractivity contribution is 6.30. The highest BCUT2D eigenvalue weighted by Crippen LogP contribution is 2.49. The van der Waals surface area contributed by atoms with Gasteiger partial charge >= 0.3 is 0 Å². The van der Waals surface area contributed by atoms with Crippen LogP contribution in [0.3, 0.4) is 0 Å². The zero-order valence-corrected chi connectivity index (χ0v) is 17.1. The average molecular weight is 433 g/mol. The lowest BCUT2D eigenvalue weighted by atomic mass is 9.83. The molecule has 6 nitrogen and oxygen atoms in total. The van der Waals surface area contributed by atoms with Crippen molar-refractivity contribution >= 4 is 11.6 Å². The van der Waals surface area contributed by atoms with Gasteiger partial charge in [-0.15, -0.1) is 0 Å². The third kappa shape index (κ3) is 3.49. The van der Waals surface area contributed by atoms with E-state index < -0.39 is 5.92 Å². The second-order valence-corrected chi connectivity index (χ2v) is 7.56. The Kier molecular flexibility index (Phi) is 4.81. The van der Waals surface area contributed by atoms with Gasteiger partial charge in [0.1, 0.15) is 29.7 Å². The molecule has 3 aromatic rings. The molecule has 0 saturated carbocycles. The van der Waals surface area contributed by atoms with Gasteiger partial charge in [0.2, 0.25) is 12.7 Å². The fourth-order valence-corrected chi connectivity index (χ4v) is 3.89. The van der Waals surface area contributed by atoms with Crippen LogP contribution in [0.2, 0.25) is 5.02 Å². The number of halogens is 1. The van der Waals surface area contributed by atoms with Gasteiger partial charge in [-0.2, -0.15) is 5.26 Å². The molecule has 0 saturated heterocycles. The Morgan fingerprint density at radius 2 is 1.74 bits per heavy atom. The predicted octanol–water partition coefficient (Wildman–Crippen LogP) is 4.87. The summed E-state index contributed by atoms with van der Waals surface area (Å²) in [5.74, 6) is 1.95. The van der Waals surface area contributed by atoms with Gasteiger partial charge in [0, 0.05) is 22.2 Å². The van der Waals surface area contributed by atoms with Crippen molar-refractivity contribution in [3.8, 4) is 29.1 Å². The molecule has 2 aliphatic rings. The molecule has 5 rings (SSSR count). The summed E-state index contributed by atoms with van der Waals surface area (Å²) < 4.78 is 22.9. The highest BCUT2D eigenvalue weighted by atomic mass is 35.5. The third-order valence-corrected chi connectivity index (χ3v) is 5.50. The fraction of sp³-hybridized carbons (Fsp3) is 0.125. The summed E-state index contributed by atoms with van der Waals surface area (Å²) in [4.78, 5) is 0. The van der Waals surface area contributed by atoms with Crippen molar-refractivity contribution < 1.29 is 18.9 Å². The summed E-state index contributed by atoms with van der Waals surface area (Å²) in [5, 5.41) is 10.5. The first-order valence-electron chi connectivity index (χ1n) is 9.61. The molecule has 3 aromatic carbocycles. The third-order valence-electron chi connectivity index (χ3n) is 5.25. The van der Waals surface area contributed by atoms with E-state index in [1.165, 1.54) is 0 Å². The Balaban J connectivity index is 1.56. The van der Waals surface area contributed by atoms with Crippen LogP contribution in [0.25, 0.3) is 0 Å². The van der Waals surface area contributed by atoms with Crippen molar-refractivity contribution in [2.45, 2.75) is 12.5 Å². The van der Waals surface area contributed by atoms with Crippen LogP contribution in [-0.2, 0) is 6.61 Å². The zero-order chi connectivity index (χ0) is 21.4. The topological polar surface area (TPSA) is 86.7 Å². The molecule has 0 fully saturated rings. The largest absolute Gasteiger partial charge is 0.489 e. The van der Waals surface area contributed by atoms with Crippen molar-refractivity contribution in [3.63, 3.8) is 0 Å². The van der Waals surface area contributed by atoms with Crippen molar-refractivity contribution in [1.29, 1.82) is 5.26 Å². The van der Waals surface area contributed by atoms with E-state index in [4.69, 9.17) is 36.3 Å². The summed E-state index contributed by atoms with van der Waals surface area (Å²) in [5.41, 5.74) is 8.97. The van der Waals surface area contributed by atoms with E-state index in [2.05, 4.69) is 6.07 Å². The quantitative estimate of drug-likeness (QED) is 0.633. The van der Waals surface area contributed by atoms with Crippen molar-refractivity contribution in [2.75, 3.05) is 6.79 Å². The molecular formula is C24H17ClN2O4. The van der Waals surface area contributed by atoms with Gasteiger partial charge in [0.15, 0.2) is 11.5 Å². The normalized spacial score (nSPS) is 16.3. The summed E-state index contributed by atoms with van der Waals surface area (Å²) >= 11 is 5.97. The van der Waals surface area contributed by atoms with Crippen LogP contribution in [0, 0.1) is 11.3 Å². The van der Waals surface area contributed by atoms with E-state index in [0.29, 0.717) is 40.2 Å². The minimum atomic E-state index is -0.468. The predicted molar refractivity (Wildman–Crippen MR) is 114 cm³/mol. The molecule has 154 valence electrons. The summed E-state index contributed by atoms with van der Waals surface area (Å²) in [6, 6.07) is 20.8. The fourth-order valence-electron chi connectivity index (χ4n) is 3.76. The van der Waals surface area contributed by atoms with Gasteiger partial charge in [-0.1, -0.05) is 41.9 Å². The highest BCUT2D eigenvalue weighted by Gasteiger charge is 2.34. The lowest BCUT2D eigenvalue weighted by molar-refractivity contribution is 0.174. The van der Waals surface area contributed by atoms with E-state index in [1.807, 2.05) is 54.6 Å². The number of hydrogen-bond acceptors (Lipinski definition) is 6. The molecular weight excluding hydrogens is 416 g/mol. The molecule has 0 amide bonds. The SMILES string of the molecule is N#CC1=C(N)Oc2cc3c(cc2[C@@H]1c1ccccc1OCc1ccc(Cl)cc1)OCO3. The smallest absolute Gasteiger partial charge is 0.231 e. The second kappa shape index (κ2) is 7.78. The van der Waals surface area contributed by atoms with Gasteiger partial charge in [0.05, 0.1) is 5.92 Å². The number of benzene rings is 3. The van der Waals surface area contributed by atoms with Crippen molar-refractivity contribution in [3.05, 3.63) is 93.8 Å². The molecule has 0 spiro atoms. The average Bonchev–Trinajstić information content (AvgIpc) is 3.24. The molecule has 0 aromatic heterocycles. The van der Waals surface area contributed by atoms with Crippen LogP contribution in [0.1, 0.15) is 22.6 Å². The maximum atomic E-state index is 9.86. The molecule has 2 N–H and O–H groups in total. The minimum Gasteiger partial charge on any atom is -0.489 e. The Hall–Kier alpha value is -3.82. The standard InChI is InChI=1S/C24H17ClN2O4/c25-15-7-5-14(6-8-15)12-28-19-4-2-1-3-16(19)23-17-9-21-22(30-13-29-21)10-20(17)31-24(27)18(23)11-26/h1-10,23H,12-13,27H2/t23-/m0/s1. The van der Waals surface area contributed by atoms with Crippen LogP contribution >= 0.6 is 11.6 Å². The number of ether oxygens (including phenoxy) is 4. The van der Waals surface area contributed by atoms with E-state index in [-0.39, 0.29) is 12.7 Å². The maximum Gasteiger partial charge on any atom is 0.231 e.